The molecule has 0 aromatic carbocycles. The summed E-state index contributed by atoms with van der Waals surface area (Å²) in [5.74, 6) is 0.0185. The SMILES string of the molecule is CCCCCCCCCOC(=O)CCCCCCCN(CCCCCCCC(=O)OC(CCCCCCC)CCCCCCCC)CCCN/C(N)=C/[N+](=O)[O-]. The number of hydrogen-bond donors (Lipinski definition) is 2. The summed E-state index contributed by atoms with van der Waals surface area (Å²) in [5, 5.41) is 13.6. The van der Waals surface area contributed by atoms with E-state index in [-0.39, 0.29) is 23.9 Å². The van der Waals surface area contributed by atoms with Gasteiger partial charge in [0.25, 0.3) is 6.20 Å². The topological polar surface area (TPSA) is 137 Å². The van der Waals surface area contributed by atoms with Crippen molar-refractivity contribution in [1.29, 1.82) is 0 Å². The van der Waals surface area contributed by atoms with Gasteiger partial charge in [0.05, 0.1) is 11.5 Å². The summed E-state index contributed by atoms with van der Waals surface area (Å²) < 4.78 is 11.5. The Hall–Kier alpha value is -2.36. The predicted octanol–water partition coefficient (Wildman–Crippen LogP) is 12.3. The zero-order chi connectivity index (χ0) is 41.2. The van der Waals surface area contributed by atoms with Crippen LogP contribution in [0.5, 0.6) is 0 Å². The minimum absolute atomic E-state index is 0.0123. The summed E-state index contributed by atoms with van der Waals surface area (Å²) in [6.07, 6.45) is 37.8. The van der Waals surface area contributed by atoms with Crippen molar-refractivity contribution < 1.29 is 24.0 Å². The molecule has 1 unspecified atom stereocenters. The van der Waals surface area contributed by atoms with Gasteiger partial charge in [-0.3, -0.25) is 19.7 Å². The van der Waals surface area contributed by atoms with Crippen molar-refractivity contribution >= 4 is 11.9 Å². The van der Waals surface area contributed by atoms with Gasteiger partial charge in [0.1, 0.15) is 6.10 Å². The average molecular weight is 795 g/mol. The Morgan fingerprint density at radius 2 is 1.00 bits per heavy atom. The molecule has 0 spiro atoms. The Morgan fingerprint density at radius 1 is 0.589 bits per heavy atom. The molecule has 0 bridgehead atoms. The molecule has 10 heteroatoms. The lowest BCUT2D eigenvalue weighted by molar-refractivity contribution is -0.403. The van der Waals surface area contributed by atoms with Gasteiger partial charge in [-0.05, 0) is 83.8 Å². The Morgan fingerprint density at radius 3 is 1.50 bits per heavy atom. The lowest BCUT2D eigenvalue weighted by Crippen LogP contribution is -2.30. The third-order valence-corrected chi connectivity index (χ3v) is 10.8. The number of nitrogens with zero attached hydrogens (tertiary/aromatic N) is 2. The van der Waals surface area contributed by atoms with Crippen LogP contribution in [-0.2, 0) is 19.1 Å². The molecule has 0 radical (unpaired) electrons. The highest BCUT2D eigenvalue weighted by Crippen LogP contribution is 2.18. The summed E-state index contributed by atoms with van der Waals surface area (Å²) >= 11 is 0. The van der Waals surface area contributed by atoms with Crippen LogP contribution in [0.4, 0.5) is 0 Å². The van der Waals surface area contributed by atoms with Gasteiger partial charge in [0.15, 0.2) is 5.82 Å². The number of nitrogens with two attached hydrogens (primary N) is 1. The van der Waals surface area contributed by atoms with E-state index in [2.05, 4.69) is 31.0 Å². The summed E-state index contributed by atoms with van der Waals surface area (Å²) in [4.78, 5) is 37.5. The van der Waals surface area contributed by atoms with Crippen LogP contribution in [-0.4, -0.2) is 60.7 Å². The molecule has 1 atom stereocenters. The number of carbonyl (C=O) groups excluding carboxylic acids is 2. The molecule has 10 nitrogen and oxygen atoms in total. The van der Waals surface area contributed by atoms with Gasteiger partial charge in [0, 0.05) is 19.4 Å². The summed E-state index contributed by atoms with van der Waals surface area (Å²) in [6.45, 7) is 10.8. The van der Waals surface area contributed by atoms with Crippen molar-refractivity contribution in [1.82, 2.24) is 10.2 Å². The summed E-state index contributed by atoms with van der Waals surface area (Å²) in [7, 11) is 0. The van der Waals surface area contributed by atoms with Gasteiger partial charge in [-0.25, -0.2) is 0 Å². The number of hydrogen-bond acceptors (Lipinski definition) is 9. The molecule has 0 aliphatic heterocycles. The van der Waals surface area contributed by atoms with Gasteiger partial charge < -0.3 is 25.4 Å². The molecule has 0 aromatic rings. The Kier molecular flexibility index (Phi) is 40.5. The summed E-state index contributed by atoms with van der Waals surface area (Å²) in [6, 6.07) is 0. The highest BCUT2D eigenvalue weighted by Gasteiger charge is 2.14. The highest BCUT2D eigenvalue weighted by atomic mass is 16.6. The van der Waals surface area contributed by atoms with Crippen LogP contribution in [0.2, 0.25) is 0 Å². The van der Waals surface area contributed by atoms with Crippen molar-refractivity contribution in [2.45, 2.75) is 239 Å². The Labute approximate surface area is 344 Å². The second-order valence-electron chi connectivity index (χ2n) is 16.2. The number of nitrogens with one attached hydrogen (secondary N) is 1. The van der Waals surface area contributed by atoms with E-state index in [1.807, 2.05) is 0 Å². The standard InChI is InChI=1S/C46H90N4O6/c1-4-7-10-13-15-24-31-41-55-45(51)35-27-20-16-22-29-38-49(40-32-37-48-44(47)42-50(53)54)39-30-23-17-21-28-36-46(52)56-43(33-25-18-12-9-6-3)34-26-19-14-11-8-5-2/h42-43,48H,4-41,47H2,1-3H3/b44-42+. The van der Waals surface area contributed by atoms with Crippen molar-refractivity contribution in [2.75, 3.05) is 32.8 Å². The van der Waals surface area contributed by atoms with E-state index in [1.165, 1.54) is 89.9 Å². The maximum Gasteiger partial charge on any atom is 0.306 e. The molecular weight excluding hydrogens is 705 g/mol. The van der Waals surface area contributed by atoms with Crippen molar-refractivity contribution in [2.24, 2.45) is 5.73 Å². The van der Waals surface area contributed by atoms with Gasteiger partial charge in [0.2, 0.25) is 0 Å². The van der Waals surface area contributed by atoms with Crippen LogP contribution in [0.15, 0.2) is 12.0 Å². The average Bonchev–Trinajstić information content (AvgIpc) is 3.17. The number of carbonyl (C=O) groups is 2. The third kappa shape index (κ3) is 39.9. The first-order chi connectivity index (χ1) is 27.3. The third-order valence-electron chi connectivity index (χ3n) is 10.8. The molecule has 330 valence electrons. The number of ether oxygens (including phenoxy) is 2. The highest BCUT2D eigenvalue weighted by molar-refractivity contribution is 5.69. The van der Waals surface area contributed by atoms with Crippen LogP contribution in [0.25, 0.3) is 0 Å². The molecule has 3 N–H and O–H groups in total. The lowest BCUT2D eigenvalue weighted by atomic mass is 10.0. The first kappa shape index (κ1) is 53.6. The molecule has 0 saturated heterocycles. The fraction of sp³-hybridized carbons (Fsp3) is 0.913. The van der Waals surface area contributed by atoms with E-state index in [0.717, 1.165) is 135 Å². The van der Waals surface area contributed by atoms with Gasteiger partial charge in [-0.15, -0.1) is 0 Å². The quantitative estimate of drug-likeness (QED) is 0.0267. The fourth-order valence-corrected chi connectivity index (χ4v) is 7.25. The molecule has 0 aliphatic carbocycles. The second-order valence-corrected chi connectivity index (χ2v) is 16.2. The normalized spacial score (nSPS) is 12.2. The molecule has 0 heterocycles. The maximum absolute atomic E-state index is 12.8. The van der Waals surface area contributed by atoms with Gasteiger partial charge >= 0.3 is 11.9 Å². The molecule has 0 amide bonds. The maximum atomic E-state index is 12.8. The second kappa shape index (κ2) is 42.3. The van der Waals surface area contributed by atoms with Crippen LogP contribution in [0.3, 0.4) is 0 Å². The van der Waals surface area contributed by atoms with Crippen LogP contribution in [0, 0.1) is 10.1 Å². The molecular formula is C46H90N4O6. The number of unbranched alkanes of at least 4 members (excludes halogenated alkanes) is 23. The molecule has 0 aliphatic rings. The Balaban J connectivity index is 4.39. The van der Waals surface area contributed by atoms with Crippen LogP contribution in [0.1, 0.15) is 233 Å². The van der Waals surface area contributed by atoms with Crippen molar-refractivity contribution in [3.8, 4) is 0 Å². The number of esters is 2. The van der Waals surface area contributed by atoms with E-state index in [1.54, 1.807) is 0 Å². The molecule has 0 rings (SSSR count). The fourth-order valence-electron chi connectivity index (χ4n) is 7.25. The van der Waals surface area contributed by atoms with Crippen LogP contribution >= 0.6 is 0 Å². The van der Waals surface area contributed by atoms with Crippen molar-refractivity contribution in [3.63, 3.8) is 0 Å². The summed E-state index contributed by atoms with van der Waals surface area (Å²) in [5.41, 5.74) is 5.69. The van der Waals surface area contributed by atoms with E-state index in [9.17, 15) is 19.7 Å². The molecule has 0 fully saturated rings. The number of nitro groups is 1. The zero-order valence-electron chi connectivity index (χ0n) is 36.9. The van der Waals surface area contributed by atoms with Gasteiger partial charge in [-0.1, -0.05) is 156 Å². The largest absolute Gasteiger partial charge is 0.466 e. The molecule has 0 saturated carbocycles. The van der Waals surface area contributed by atoms with Crippen LogP contribution < -0.4 is 11.1 Å². The minimum atomic E-state index is -0.539. The van der Waals surface area contributed by atoms with Crippen molar-refractivity contribution in [3.05, 3.63) is 22.1 Å². The molecule has 0 aromatic heterocycles. The van der Waals surface area contributed by atoms with Gasteiger partial charge in [-0.2, -0.15) is 0 Å². The minimum Gasteiger partial charge on any atom is -0.466 e. The first-order valence-corrected chi connectivity index (χ1v) is 23.7. The van der Waals surface area contributed by atoms with E-state index in [0.29, 0.717) is 26.0 Å². The van der Waals surface area contributed by atoms with E-state index in [4.69, 9.17) is 15.2 Å². The Bertz CT molecular complexity index is 933. The first-order valence-electron chi connectivity index (χ1n) is 23.7. The number of rotatable bonds is 44. The lowest BCUT2D eigenvalue weighted by Gasteiger charge is -2.22. The molecule has 56 heavy (non-hydrogen) atoms. The zero-order valence-corrected chi connectivity index (χ0v) is 36.9. The van der Waals surface area contributed by atoms with E-state index >= 15 is 0 Å². The van der Waals surface area contributed by atoms with E-state index < -0.39 is 4.92 Å². The predicted molar refractivity (Wildman–Crippen MR) is 234 cm³/mol. The monoisotopic (exact) mass is 795 g/mol. The smallest absolute Gasteiger partial charge is 0.306 e.